The molecule has 0 spiro atoms. The minimum atomic E-state index is -0.244. The number of carbonyl (C=O) groups is 1. The van der Waals surface area contributed by atoms with Gasteiger partial charge in [0.25, 0.3) is 5.95 Å². The number of nitrogen functional groups attached to an aromatic ring is 1. The molecule has 34 heavy (non-hydrogen) atoms. The van der Waals surface area contributed by atoms with Crippen LogP contribution in [0, 0.1) is 0 Å². The molecule has 0 saturated carbocycles. The number of rotatable bonds is 10. The summed E-state index contributed by atoms with van der Waals surface area (Å²) in [6.07, 6.45) is 1.63. The van der Waals surface area contributed by atoms with E-state index in [1.807, 2.05) is 42.5 Å². The molecule has 0 atom stereocenters. The molecule has 0 saturated heterocycles. The van der Waals surface area contributed by atoms with Gasteiger partial charge in [0, 0.05) is 10.2 Å². The molecule has 0 aliphatic rings. The van der Waals surface area contributed by atoms with E-state index < -0.39 is 0 Å². The predicted molar refractivity (Wildman–Crippen MR) is 141 cm³/mol. The van der Waals surface area contributed by atoms with Crippen LogP contribution in [0.5, 0.6) is 0 Å². The fraction of sp³-hybridized carbons (Fsp3) is 0.100. The number of benzene rings is 2. The zero-order valence-corrected chi connectivity index (χ0v) is 21.5. The zero-order chi connectivity index (χ0) is 23.8. The zero-order valence-electron chi connectivity index (χ0n) is 17.5. The number of nitrogens with zero attached hydrogens (tertiary/aromatic N) is 6. The van der Waals surface area contributed by atoms with Crippen molar-refractivity contribution in [1.82, 2.24) is 25.1 Å². The molecule has 2 aromatic carbocycles. The highest BCUT2D eigenvalue weighted by Gasteiger charge is 2.14. The van der Waals surface area contributed by atoms with E-state index in [1.165, 1.54) is 21.6 Å². The molecule has 0 aliphatic heterocycles. The van der Waals surface area contributed by atoms with Crippen molar-refractivity contribution < 1.29 is 4.79 Å². The molecule has 174 valence electrons. The molecular weight excluding hydrogens is 558 g/mol. The van der Waals surface area contributed by atoms with E-state index in [-0.39, 0.29) is 17.6 Å². The van der Waals surface area contributed by atoms with Crippen molar-refractivity contribution in [2.75, 3.05) is 22.3 Å². The lowest BCUT2D eigenvalue weighted by Crippen LogP contribution is -2.16. The standard InChI is InChI=1S/C20H18BrN9OS3/c21-15-8-4-7-14(9-15)10-23-25-17-26-28-19(30(17)22)32-12-16(31)24-18-27-29-20(34-18)33-11-13-5-2-1-3-6-13/h1-10H,11-12,22H2,(H,25,26)(H,24,27,31)/b23-10+. The summed E-state index contributed by atoms with van der Waals surface area (Å²) in [5.74, 6) is 6.88. The lowest BCUT2D eigenvalue weighted by molar-refractivity contribution is -0.113. The largest absolute Gasteiger partial charge is 0.334 e. The first-order valence-electron chi connectivity index (χ1n) is 9.75. The first kappa shape index (κ1) is 24.2. The summed E-state index contributed by atoms with van der Waals surface area (Å²) >= 11 is 7.46. The first-order chi connectivity index (χ1) is 16.6. The topological polar surface area (TPSA) is 136 Å². The number of thioether (sulfide) groups is 2. The second-order valence-corrected chi connectivity index (χ2v) is 10.6. The number of anilines is 2. The first-order valence-corrected chi connectivity index (χ1v) is 13.3. The smallest absolute Gasteiger partial charge is 0.264 e. The molecule has 2 heterocycles. The van der Waals surface area contributed by atoms with E-state index in [2.05, 4.69) is 64.3 Å². The molecule has 2 aromatic heterocycles. The number of aromatic nitrogens is 5. The van der Waals surface area contributed by atoms with E-state index in [0.29, 0.717) is 10.3 Å². The van der Waals surface area contributed by atoms with Gasteiger partial charge >= 0.3 is 0 Å². The van der Waals surface area contributed by atoms with Gasteiger partial charge in [-0.2, -0.15) is 5.10 Å². The minimum Gasteiger partial charge on any atom is -0.334 e. The molecule has 4 N–H and O–H groups in total. The molecule has 4 rings (SSSR count). The fourth-order valence-corrected chi connectivity index (χ4v) is 5.32. The number of hydrazone groups is 1. The van der Waals surface area contributed by atoms with Crippen molar-refractivity contribution in [1.29, 1.82) is 0 Å². The molecule has 1 amide bonds. The summed E-state index contributed by atoms with van der Waals surface area (Å²) in [5.41, 5.74) is 4.84. The Kier molecular flexibility index (Phi) is 8.51. The Morgan fingerprint density at radius 3 is 2.79 bits per heavy atom. The molecule has 0 aliphatic carbocycles. The lowest BCUT2D eigenvalue weighted by atomic mass is 10.2. The monoisotopic (exact) mass is 575 g/mol. The summed E-state index contributed by atoms with van der Waals surface area (Å²) in [6, 6.07) is 17.7. The van der Waals surface area contributed by atoms with E-state index >= 15 is 0 Å². The van der Waals surface area contributed by atoms with Crippen LogP contribution < -0.4 is 16.6 Å². The summed E-state index contributed by atoms with van der Waals surface area (Å²) in [5, 5.41) is 23.8. The van der Waals surface area contributed by atoms with E-state index in [9.17, 15) is 4.79 Å². The van der Waals surface area contributed by atoms with Gasteiger partial charge in [-0.15, -0.1) is 20.4 Å². The van der Waals surface area contributed by atoms with Crippen molar-refractivity contribution >= 4 is 74.0 Å². The number of halogens is 1. The average molecular weight is 577 g/mol. The van der Waals surface area contributed by atoms with Crippen LogP contribution in [0.25, 0.3) is 0 Å². The highest BCUT2D eigenvalue weighted by molar-refractivity contribution is 9.10. The van der Waals surface area contributed by atoms with Crippen molar-refractivity contribution in [3.63, 3.8) is 0 Å². The van der Waals surface area contributed by atoms with Gasteiger partial charge in [-0.25, -0.2) is 10.1 Å². The van der Waals surface area contributed by atoms with E-state index in [4.69, 9.17) is 5.84 Å². The summed E-state index contributed by atoms with van der Waals surface area (Å²) in [4.78, 5) is 12.3. The molecular formula is C20H18BrN9OS3. The van der Waals surface area contributed by atoms with Gasteiger partial charge in [-0.1, -0.05) is 93.3 Å². The van der Waals surface area contributed by atoms with Crippen molar-refractivity contribution in [3.05, 3.63) is 70.2 Å². The van der Waals surface area contributed by atoms with Crippen molar-refractivity contribution in [2.24, 2.45) is 5.10 Å². The number of hydrogen-bond donors (Lipinski definition) is 3. The highest BCUT2D eigenvalue weighted by Crippen LogP contribution is 2.28. The van der Waals surface area contributed by atoms with Gasteiger partial charge < -0.3 is 5.84 Å². The number of hydrogen-bond acceptors (Lipinski definition) is 11. The van der Waals surface area contributed by atoms with Gasteiger partial charge in [0.2, 0.25) is 16.2 Å². The Labute approximate surface area is 215 Å². The third-order valence-electron chi connectivity index (χ3n) is 4.08. The third-order valence-corrected chi connectivity index (χ3v) is 7.56. The highest BCUT2D eigenvalue weighted by atomic mass is 79.9. The number of nitrogens with one attached hydrogen (secondary N) is 2. The molecule has 0 radical (unpaired) electrons. The maximum atomic E-state index is 12.3. The van der Waals surface area contributed by atoms with Gasteiger partial charge in [0.1, 0.15) is 0 Å². The molecule has 0 fully saturated rings. The van der Waals surface area contributed by atoms with Gasteiger partial charge in [-0.05, 0) is 23.3 Å². The number of nitrogens with two attached hydrogens (primary N) is 1. The SMILES string of the molecule is Nn1c(N/N=C/c2cccc(Br)c2)nnc1SCC(=O)Nc1nnc(SCc2ccccc2)s1. The van der Waals surface area contributed by atoms with Crippen LogP contribution in [-0.2, 0) is 10.5 Å². The van der Waals surface area contributed by atoms with Gasteiger partial charge in [0.05, 0.1) is 12.0 Å². The number of carbonyl (C=O) groups excluding carboxylic acids is 1. The van der Waals surface area contributed by atoms with Crippen LogP contribution in [0.4, 0.5) is 11.1 Å². The fourth-order valence-electron chi connectivity index (χ4n) is 2.53. The maximum absolute atomic E-state index is 12.3. The second-order valence-electron chi connectivity index (χ2n) is 6.59. The summed E-state index contributed by atoms with van der Waals surface area (Å²) < 4.78 is 2.97. The van der Waals surface area contributed by atoms with Crippen LogP contribution in [0.15, 0.2) is 73.7 Å². The normalized spacial score (nSPS) is 11.1. The molecule has 0 bridgehead atoms. The van der Waals surface area contributed by atoms with E-state index in [1.54, 1.807) is 18.0 Å². The van der Waals surface area contributed by atoms with Crippen molar-refractivity contribution in [3.8, 4) is 0 Å². The Balaban J connectivity index is 1.23. The summed E-state index contributed by atoms with van der Waals surface area (Å²) in [7, 11) is 0. The lowest BCUT2D eigenvalue weighted by Gasteiger charge is -2.03. The van der Waals surface area contributed by atoms with Gasteiger partial charge in [0.15, 0.2) is 4.34 Å². The average Bonchev–Trinajstić information content (AvgIpc) is 3.43. The Hall–Kier alpha value is -2.94. The third kappa shape index (κ3) is 7.03. The maximum Gasteiger partial charge on any atom is 0.264 e. The molecule has 10 nitrogen and oxygen atoms in total. The van der Waals surface area contributed by atoms with Crippen LogP contribution in [0.1, 0.15) is 11.1 Å². The molecule has 0 unspecified atom stereocenters. The van der Waals surface area contributed by atoms with Crippen LogP contribution in [-0.4, -0.2) is 42.9 Å². The van der Waals surface area contributed by atoms with E-state index in [0.717, 1.165) is 31.9 Å². The summed E-state index contributed by atoms with van der Waals surface area (Å²) in [6.45, 7) is 0. The van der Waals surface area contributed by atoms with Crippen molar-refractivity contribution in [2.45, 2.75) is 15.2 Å². The Morgan fingerprint density at radius 1 is 1.12 bits per heavy atom. The van der Waals surface area contributed by atoms with Crippen LogP contribution >= 0.6 is 50.8 Å². The van der Waals surface area contributed by atoms with Gasteiger partial charge in [-0.3, -0.25) is 10.1 Å². The second kappa shape index (κ2) is 12.0. The molecule has 4 aromatic rings. The minimum absolute atomic E-state index is 0.0860. The Morgan fingerprint density at radius 2 is 1.97 bits per heavy atom. The number of amides is 1. The Bertz CT molecular complexity index is 1280. The molecule has 14 heteroatoms. The van der Waals surface area contributed by atoms with Crippen LogP contribution in [0.2, 0.25) is 0 Å². The quantitative estimate of drug-likeness (QED) is 0.0839. The predicted octanol–water partition coefficient (Wildman–Crippen LogP) is 4.08. The van der Waals surface area contributed by atoms with Crippen LogP contribution in [0.3, 0.4) is 0 Å².